The molecular weight excluding hydrogens is 386 g/mol. The van der Waals surface area contributed by atoms with Crippen LogP contribution >= 0.6 is 0 Å². The van der Waals surface area contributed by atoms with Crippen molar-refractivity contribution < 1.29 is 9.53 Å². The molecule has 0 unspecified atom stereocenters. The van der Waals surface area contributed by atoms with E-state index in [1.807, 2.05) is 12.3 Å². The van der Waals surface area contributed by atoms with E-state index >= 15 is 0 Å². The molecule has 0 radical (unpaired) electrons. The number of amides is 1. The predicted molar refractivity (Wildman–Crippen MR) is 123 cm³/mol. The predicted octanol–water partition coefficient (Wildman–Crippen LogP) is 3.97. The lowest BCUT2D eigenvalue weighted by Crippen LogP contribution is -2.47. The Labute approximate surface area is 186 Å². The highest BCUT2D eigenvalue weighted by molar-refractivity contribution is 5.77. The number of ether oxygens (including phenoxy) is 1. The van der Waals surface area contributed by atoms with Gasteiger partial charge >= 0.3 is 0 Å². The molecule has 2 heterocycles. The van der Waals surface area contributed by atoms with Gasteiger partial charge in [-0.2, -0.15) is 0 Å². The van der Waals surface area contributed by atoms with E-state index in [-0.39, 0.29) is 17.9 Å². The van der Waals surface area contributed by atoms with Gasteiger partial charge in [-0.15, -0.1) is 0 Å². The second kappa shape index (κ2) is 10.3. The van der Waals surface area contributed by atoms with Crippen LogP contribution in [0.2, 0.25) is 0 Å². The summed E-state index contributed by atoms with van der Waals surface area (Å²) in [5, 5.41) is 3.44. The van der Waals surface area contributed by atoms with Gasteiger partial charge in [0.15, 0.2) is 0 Å². The monoisotopic (exact) mass is 421 g/mol. The summed E-state index contributed by atoms with van der Waals surface area (Å²) in [7, 11) is 1.64. The molecule has 1 N–H and O–H groups in total. The van der Waals surface area contributed by atoms with E-state index in [4.69, 9.17) is 4.74 Å². The molecule has 4 rings (SSSR count). The first-order valence-electron chi connectivity index (χ1n) is 11.7. The highest BCUT2D eigenvalue weighted by Gasteiger charge is 2.29. The van der Waals surface area contributed by atoms with Crippen molar-refractivity contribution in [3.8, 4) is 5.88 Å². The van der Waals surface area contributed by atoms with Gasteiger partial charge in [0.05, 0.1) is 7.11 Å². The van der Waals surface area contributed by atoms with E-state index in [9.17, 15) is 4.79 Å². The lowest BCUT2D eigenvalue weighted by molar-refractivity contribution is -0.123. The summed E-state index contributed by atoms with van der Waals surface area (Å²) < 4.78 is 5.23. The fourth-order valence-electron chi connectivity index (χ4n) is 5.32. The largest absolute Gasteiger partial charge is 0.481 e. The maximum atomic E-state index is 13.1. The lowest BCUT2D eigenvalue weighted by Gasteiger charge is -2.31. The first-order chi connectivity index (χ1) is 15.2. The molecule has 2 aliphatic rings. The van der Waals surface area contributed by atoms with Crippen molar-refractivity contribution >= 4 is 5.91 Å². The van der Waals surface area contributed by atoms with Gasteiger partial charge in [0.1, 0.15) is 0 Å². The van der Waals surface area contributed by atoms with Gasteiger partial charge < -0.3 is 15.0 Å². The molecule has 166 valence electrons. The Morgan fingerprint density at radius 1 is 1.16 bits per heavy atom. The quantitative estimate of drug-likeness (QED) is 0.666. The van der Waals surface area contributed by atoms with Crippen LogP contribution in [0.25, 0.3) is 0 Å². The van der Waals surface area contributed by atoms with Crippen LogP contribution in [0.5, 0.6) is 5.88 Å². The third-order valence-corrected chi connectivity index (χ3v) is 6.93. The van der Waals surface area contributed by atoms with E-state index < -0.39 is 0 Å². The van der Waals surface area contributed by atoms with Crippen LogP contribution < -0.4 is 10.1 Å². The summed E-state index contributed by atoms with van der Waals surface area (Å²) in [6.45, 7) is 5.36. The van der Waals surface area contributed by atoms with E-state index in [1.165, 1.54) is 29.5 Å². The average molecular weight is 422 g/mol. The van der Waals surface area contributed by atoms with E-state index in [1.54, 1.807) is 7.11 Å². The molecule has 1 saturated heterocycles. The minimum atomic E-state index is 0.0922. The third-order valence-electron chi connectivity index (χ3n) is 6.93. The number of benzene rings is 1. The summed E-state index contributed by atoms with van der Waals surface area (Å²) in [6, 6.07) is 12.7. The molecule has 2 atom stereocenters. The van der Waals surface area contributed by atoms with Crippen molar-refractivity contribution in [2.75, 3.05) is 26.7 Å². The molecule has 1 aliphatic carbocycles. The van der Waals surface area contributed by atoms with E-state index in [0.29, 0.717) is 18.2 Å². The second-order valence-corrected chi connectivity index (χ2v) is 9.08. The molecule has 0 spiro atoms. The van der Waals surface area contributed by atoms with Crippen molar-refractivity contribution in [3.05, 3.63) is 59.3 Å². The lowest BCUT2D eigenvalue weighted by atomic mass is 9.89. The van der Waals surface area contributed by atoms with Crippen LogP contribution in [0.1, 0.15) is 55.2 Å². The van der Waals surface area contributed by atoms with Gasteiger partial charge in [-0.25, -0.2) is 4.98 Å². The number of methoxy groups -OCH3 is 1. The number of pyridine rings is 1. The van der Waals surface area contributed by atoms with Crippen LogP contribution in [0, 0.1) is 5.92 Å². The number of carbonyl (C=O) groups excluding carboxylic acids is 1. The van der Waals surface area contributed by atoms with E-state index in [2.05, 4.69) is 52.5 Å². The molecule has 1 aromatic heterocycles. The highest BCUT2D eigenvalue weighted by atomic mass is 16.5. The van der Waals surface area contributed by atoms with Crippen LogP contribution in [0.3, 0.4) is 0 Å². The number of likely N-dealkylation sites (tertiary alicyclic amines) is 1. The number of nitrogens with zero attached hydrogens (tertiary/aromatic N) is 2. The van der Waals surface area contributed by atoms with Gasteiger partial charge in [0.25, 0.3) is 0 Å². The molecule has 1 aliphatic heterocycles. The SMILES string of the molecule is CC[C@H](c1ccc(OC)nc1)[C@@H](CN1CCCC1)NC(=O)CC1Cc2ccccc2C1. The summed E-state index contributed by atoms with van der Waals surface area (Å²) in [6.07, 6.45) is 8.00. The molecule has 1 aromatic carbocycles. The molecule has 0 saturated carbocycles. The maximum absolute atomic E-state index is 13.1. The highest BCUT2D eigenvalue weighted by Crippen LogP contribution is 2.30. The summed E-state index contributed by atoms with van der Waals surface area (Å²) >= 11 is 0. The molecule has 1 fully saturated rings. The van der Waals surface area contributed by atoms with Crippen molar-refractivity contribution in [2.45, 2.75) is 57.4 Å². The van der Waals surface area contributed by atoms with Crippen molar-refractivity contribution in [2.24, 2.45) is 5.92 Å². The molecule has 1 amide bonds. The summed E-state index contributed by atoms with van der Waals surface area (Å²) in [5.41, 5.74) is 3.98. The van der Waals surface area contributed by atoms with Crippen LogP contribution in [0.15, 0.2) is 42.6 Å². The Morgan fingerprint density at radius 2 is 1.87 bits per heavy atom. The molecule has 5 nitrogen and oxygen atoms in total. The number of hydrogen-bond donors (Lipinski definition) is 1. The van der Waals surface area contributed by atoms with Crippen molar-refractivity contribution in [3.63, 3.8) is 0 Å². The zero-order chi connectivity index (χ0) is 21.6. The number of fused-ring (bicyclic) bond motifs is 1. The van der Waals surface area contributed by atoms with Crippen molar-refractivity contribution in [1.82, 2.24) is 15.2 Å². The van der Waals surface area contributed by atoms with Gasteiger partial charge in [-0.3, -0.25) is 4.79 Å². The minimum absolute atomic E-state index is 0.0922. The van der Waals surface area contributed by atoms with Gasteiger partial charge in [-0.05, 0) is 67.8 Å². The first kappa shape index (κ1) is 21.8. The van der Waals surface area contributed by atoms with Gasteiger partial charge in [0, 0.05) is 37.2 Å². The molecule has 2 aromatic rings. The number of hydrogen-bond acceptors (Lipinski definition) is 4. The Kier molecular flexibility index (Phi) is 7.23. The molecule has 0 bridgehead atoms. The van der Waals surface area contributed by atoms with Crippen molar-refractivity contribution in [1.29, 1.82) is 0 Å². The molecule has 31 heavy (non-hydrogen) atoms. The smallest absolute Gasteiger partial charge is 0.220 e. The minimum Gasteiger partial charge on any atom is -0.481 e. The molecule has 5 heteroatoms. The summed E-state index contributed by atoms with van der Waals surface area (Å²) in [4.78, 5) is 20.0. The van der Waals surface area contributed by atoms with Crippen LogP contribution in [0.4, 0.5) is 0 Å². The zero-order valence-corrected chi connectivity index (χ0v) is 18.8. The standard InChI is InChI=1S/C26H35N3O2/c1-3-23(22-10-11-26(31-2)27-17-22)24(18-29-12-6-7-13-29)28-25(30)16-19-14-20-8-4-5-9-21(20)15-19/h4-5,8-11,17,19,23-24H,3,6-7,12-16,18H2,1-2H3,(H,28,30)/t23-,24-/m1/s1. The Morgan fingerprint density at radius 3 is 2.45 bits per heavy atom. The number of aromatic nitrogens is 1. The maximum Gasteiger partial charge on any atom is 0.220 e. The third kappa shape index (κ3) is 5.45. The van der Waals surface area contributed by atoms with Crippen LogP contribution in [-0.2, 0) is 17.6 Å². The second-order valence-electron chi connectivity index (χ2n) is 9.08. The topological polar surface area (TPSA) is 54.5 Å². The fraction of sp³-hybridized carbons (Fsp3) is 0.538. The number of rotatable bonds is 9. The molecular formula is C26H35N3O2. The van der Waals surface area contributed by atoms with Crippen LogP contribution in [-0.4, -0.2) is 48.6 Å². The first-order valence-corrected chi connectivity index (χ1v) is 11.7. The number of nitrogens with one attached hydrogen (secondary N) is 1. The van der Waals surface area contributed by atoms with Gasteiger partial charge in [-0.1, -0.05) is 37.3 Å². The number of carbonyl (C=O) groups is 1. The summed E-state index contributed by atoms with van der Waals surface area (Å²) in [5.74, 6) is 1.46. The zero-order valence-electron chi connectivity index (χ0n) is 18.8. The Hall–Kier alpha value is -2.40. The normalized spacial score (nSPS) is 18.5. The fourth-order valence-corrected chi connectivity index (χ4v) is 5.32. The Bertz CT molecular complexity index is 836. The van der Waals surface area contributed by atoms with Gasteiger partial charge in [0.2, 0.25) is 11.8 Å². The Balaban J connectivity index is 1.44. The average Bonchev–Trinajstić information content (AvgIpc) is 3.43. The van der Waals surface area contributed by atoms with E-state index in [0.717, 1.165) is 38.9 Å².